The molecule has 0 spiro atoms. The van der Waals surface area contributed by atoms with Gasteiger partial charge in [-0.2, -0.15) is 13.2 Å². The molecule has 0 aliphatic heterocycles. The summed E-state index contributed by atoms with van der Waals surface area (Å²) >= 11 is 5.76. The Morgan fingerprint density at radius 2 is 1.71 bits per heavy atom. The van der Waals surface area contributed by atoms with Crippen LogP contribution in [-0.2, 0) is 6.18 Å². The molecule has 21 heavy (non-hydrogen) atoms. The van der Waals surface area contributed by atoms with E-state index in [0.717, 1.165) is 17.7 Å². The fourth-order valence-electron chi connectivity index (χ4n) is 1.97. The number of benzene rings is 2. The van der Waals surface area contributed by atoms with E-state index in [4.69, 9.17) is 16.3 Å². The van der Waals surface area contributed by atoms with Gasteiger partial charge in [0.1, 0.15) is 11.9 Å². The number of rotatable bonds is 5. The molecule has 0 unspecified atom stereocenters. The first-order chi connectivity index (χ1) is 10.0. The van der Waals surface area contributed by atoms with Gasteiger partial charge in [0.2, 0.25) is 0 Å². The molecule has 2 aromatic rings. The highest BCUT2D eigenvalue weighted by atomic mass is 35.5. The van der Waals surface area contributed by atoms with Crippen molar-refractivity contribution in [2.45, 2.75) is 18.7 Å². The predicted octanol–water partition coefficient (Wildman–Crippen LogP) is 5.45. The van der Waals surface area contributed by atoms with Crippen molar-refractivity contribution in [2.24, 2.45) is 0 Å². The number of alkyl halides is 4. The summed E-state index contributed by atoms with van der Waals surface area (Å²) < 4.78 is 43.8. The van der Waals surface area contributed by atoms with Gasteiger partial charge in [-0.05, 0) is 23.8 Å². The van der Waals surface area contributed by atoms with Crippen LogP contribution < -0.4 is 4.74 Å². The number of hydrogen-bond acceptors (Lipinski definition) is 1. The van der Waals surface area contributed by atoms with E-state index in [-0.39, 0.29) is 11.9 Å². The lowest BCUT2D eigenvalue weighted by Crippen LogP contribution is -2.10. The highest BCUT2D eigenvalue weighted by Crippen LogP contribution is 2.33. The zero-order valence-electron chi connectivity index (χ0n) is 11.1. The SMILES string of the molecule is FC(F)(F)c1cccc(O[C@H](CCCl)c2ccccc2)c1. The van der Waals surface area contributed by atoms with E-state index in [1.807, 2.05) is 30.3 Å². The third-order valence-electron chi connectivity index (χ3n) is 2.98. The van der Waals surface area contributed by atoms with Gasteiger partial charge in [-0.25, -0.2) is 0 Å². The molecule has 112 valence electrons. The summed E-state index contributed by atoms with van der Waals surface area (Å²) in [4.78, 5) is 0. The Morgan fingerprint density at radius 3 is 2.33 bits per heavy atom. The highest BCUT2D eigenvalue weighted by Gasteiger charge is 2.30. The molecule has 1 nitrogen and oxygen atoms in total. The third-order valence-corrected chi connectivity index (χ3v) is 3.20. The smallest absolute Gasteiger partial charge is 0.416 e. The van der Waals surface area contributed by atoms with Gasteiger partial charge in [-0.15, -0.1) is 11.6 Å². The lowest BCUT2D eigenvalue weighted by molar-refractivity contribution is -0.137. The van der Waals surface area contributed by atoms with Gasteiger partial charge in [0, 0.05) is 12.3 Å². The average Bonchev–Trinajstić information content (AvgIpc) is 2.47. The average molecular weight is 315 g/mol. The minimum absolute atomic E-state index is 0.184. The Hall–Kier alpha value is -1.68. The van der Waals surface area contributed by atoms with Gasteiger partial charge < -0.3 is 4.74 Å². The summed E-state index contributed by atoms with van der Waals surface area (Å²) in [5.41, 5.74) is 0.160. The molecule has 0 aliphatic carbocycles. The monoisotopic (exact) mass is 314 g/mol. The third kappa shape index (κ3) is 4.39. The molecule has 0 fully saturated rings. The molecule has 0 bridgehead atoms. The fraction of sp³-hybridized carbons (Fsp3) is 0.250. The molecule has 0 saturated heterocycles. The number of halogens is 4. The van der Waals surface area contributed by atoms with Gasteiger partial charge in [0.05, 0.1) is 5.56 Å². The molecular weight excluding hydrogens is 301 g/mol. The predicted molar refractivity (Wildman–Crippen MR) is 76.6 cm³/mol. The van der Waals surface area contributed by atoms with Crippen molar-refractivity contribution in [3.63, 3.8) is 0 Å². The van der Waals surface area contributed by atoms with Crippen LogP contribution in [-0.4, -0.2) is 5.88 Å². The Labute approximate surface area is 126 Å². The van der Waals surface area contributed by atoms with Gasteiger partial charge in [-0.3, -0.25) is 0 Å². The van der Waals surface area contributed by atoms with Crippen LogP contribution in [0.2, 0.25) is 0 Å². The Kier molecular flexibility index (Phi) is 5.12. The van der Waals surface area contributed by atoms with Crippen LogP contribution in [0, 0.1) is 0 Å². The minimum Gasteiger partial charge on any atom is -0.486 e. The molecule has 0 heterocycles. The Balaban J connectivity index is 2.21. The summed E-state index contributed by atoms with van der Waals surface area (Å²) in [6.45, 7) is 0. The summed E-state index contributed by atoms with van der Waals surface area (Å²) in [6.07, 6.45) is -4.23. The van der Waals surface area contributed by atoms with Gasteiger partial charge >= 0.3 is 6.18 Å². The first-order valence-corrected chi connectivity index (χ1v) is 6.99. The van der Waals surface area contributed by atoms with Crippen LogP contribution in [0.4, 0.5) is 13.2 Å². The van der Waals surface area contributed by atoms with E-state index in [0.29, 0.717) is 12.3 Å². The van der Waals surface area contributed by atoms with E-state index in [1.54, 1.807) is 0 Å². The van der Waals surface area contributed by atoms with Crippen LogP contribution in [0.15, 0.2) is 54.6 Å². The van der Waals surface area contributed by atoms with Gasteiger partial charge in [0.15, 0.2) is 0 Å². The largest absolute Gasteiger partial charge is 0.486 e. The maximum atomic E-state index is 12.7. The normalized spacial score (nSPS) is 13.0. The maximum Gasteiger partial charge on any atom is 0.416 e. The van der Waals surface area contributed by atoms with Crippen LogP contribution in [0.5, 0.6) is 5.75 Å². The van der Waals surface area contributed by atoms with Crippen molar-refractivity contribution in [3.05, 3.63) is 65.7 Å². The van der Waals surface area contributed by atoms with E-state index >= 15 is 0 Å². The molecule has 0 N–H and O–H groups in total. The zero-order chi connectivity index (χ0) is 15.3. The van der Waals surface area contributed by atoms with Crippen molar-refractivity contribution in [1.29, 1.82) is 0 Å². The quantitative estimate of drug-likeness (QED) is 0.666. The van der Waals surface area contributed by atoms with Crippen LogP contribution >= 0.6 is 11.6 Å². The fourth-order valence-corrected chi connectivity index (χ4v) is 2.17. The van der Waals surface area contributed by atoms with Crippen LogP contribution in [0.3, 0.4) is 0 Å². The molecule has 0 aliphatic rings. The van der Waals surface area contributed by atoms with Crippen molar-refractivity contribution in [3.8, 4) is 5.75 Å². The second-order valence-electron chi connectivity index (χ2n) is 4.52. The summed E-state index contributed by atoms with van der Waals surface area (Å²) in [5, 5.41) is 0. The Bertz CT molecular complexity index is 569. The molecule has 2 aromatic carbocycles. The molecule has 0 saturated carbocycles. The topological polar surface area (TPSA) is 9.23 Å². The van der Waals surface area contributed by atoms with Crippen LogP contribution in [0.25, 0.3) is 0 Å². The summed E-state index contributed by atoms with van der Waals surface area (Å²) in [6, 6.07) is 14.2. The van der Waals surface area contributed by atoms with Gasteiger partial charge in [0.25, 0.3) is 0 Å². The van der Waals surface area contributed by atoms with E-state index < -0.39 is 11.7 Å². The molecule has 0 radical (unpaired) electrons. The molecule has 1 atom stereocenters. The van der Waals surface area contributed by atoms with E-state index in [2.05, 4.69) is 0 Å². The molecule has 2 rings (SSSR count). The highest BCUT2D eigenvalue weighted by molar-refractivity contribution is 6.17. The second-order valence-corrected chi connectivity index (χ2v) is 4.90. The lowest BCUT2D eigenvalue weighted by atomic mass is 10.1. The summed E-state index contributed by atoms with van der Waals surface area (Å²) in [7, 11) is 0. The first kappa shape index (κ1) is 15.7. The maximum absolute atomic E-state index is 12.7. The molecular formula is C16H14ClF3O. The lowest BCUT2D eigenvalue weighted by Gasteiger charge is -2.19. The van der Waals surface area contributed by atoms with Crippen molar-refractivity contribution < 1.29 is 17.9 Å². The minimum atomic E-state index is -4.38. The van der Waals surface area contributed by atoms with Crippen molar-refractivity contribution in [1.82, 2.24) is 0 Å². The zero-order valence-corrected chi connectivity index (χ0v) is 11.9. The summed E-state index contributed by atoms with van der Waals surface area (Å²) in [5.74, 6) is 0.544. The number of hydrogen-bond donors (Lipinski definition) is 0. The molecule has 0 aromatic heterocycles. The van der Waals surface area contributed by atoms with E-state index in [9.17, 15) is 13.2 Å². The standard InChI is InChI=1S/C16H14ClF3O/c17-10-9-15(12-5-2-1-3-6-12)21-14-8-4-7-13(11-14)16(18,19)20/h1-8,11,15H,9-10H2/t15-/m1/s1. The Morgan fingerprint density at radius 1 is 1.00 bits per heavy atom. The first-order valence-electron chi connectivity index (χ1n) is 6.45. The van der Waals surface area contributed by atoms with Crippen molar-refractivity contribution >= 4 is 11.6 Å². The molecule has 5 heteroatoms. The van der Waals surface area contributed by atoms with E-state index in [1.165, 1.54) is 12.1 Å². The van der Waals surface area contributed by atoms with Gasteiger partial charge in [-0.1, -0.05) is 36.4 Å². The van der Waals surface area contributed by atoms with Crippen LogP contribution in [0.1, 0.15) is 23.7 Å². The van der Waals surface area contributed by atoms with Crippen molar-refractivity contribution in [2.75, 3.05) is 5.88 Å². The number of ether oxygens (including phenoxy) is 1. The molecule has 0 amide bonds. The second kappa shape index (κ2) is 6.85.